The van der Waals surface area contributed by atoms with E-state index in [4.69, 9.17) is 11.6 Å². The third-order valence-corrected chi connectivity index (χ3v) is 3.17. The van der Waals surface area contributed by atoms with Gasteiger partial charge in [0.2, 0.25) is 11.8 Å². The second-order valence-electron chi connectivity index (χ2n) is 4.39. The second-order valence-corrected chi connectivity index (χ2v) is 4.83. The molecule has 2 rings (SSSR count). The number of carbonyl (C=O) groups is 2. The first-order chi connectivity index (χ1) is 7.49. The van der Waals surface area contributed by atoms with Crippen LogP contribution in [0.3, 0.4) is 0 Å². The van der Waals surface area contributed by atoms with E-state index < -0.39 is 5.41 Å². The summed E-state index contributed by atoms with van der Waals surface area (Å²) < 4.78 is 0. The van der Waals surface area contributed by atoms with Crippen molar-refractivity contribution in [1.29, 1.82) is 0 Å². The quantitative estimate of drug-likeness (QED) is 0.760. The molecule has 1 aromatic rings. The van der Waals surface area contributed by atoms with E-state index in [1.807, 2.05) is 19.1 Å². The number of amides is 2. The van der Waals surface area contributed by atoms with Gasteiger partial charge in [0.15, 0.2) is 0 Å². The summed E-state index contributed by atoms with van der Waals surface area (Å²) in [5.41, 5.74) is 0.560. The van der Waals surface area contributed by atoms with Crippen molar-refractivity contribution in [3.63, 3.8) is 0 Å². The predicted octanol–water partition coefficient (Wildman–Crippen LogP) is 2.03. The highest BCUT2D eigenvalue weighted by molar-refractivity contribution is 6.30. The first kappa shape index (κ1) is 11.1. The van der Waals surface area contributed by atoms with Gasteiger partial charge in [-0.2, -0.15) is 0 Å². The van der Waals surface area contributed by atoms with E-state index in [0.29, 0.717) is 17.9 Å². The number of nitrogens with one attached hydrogen (secondary N) is 1. The van der Waals surface area contributed by atoms with Gasteiger partial charge in [-0.3, -0.25) is 14.9 Å². The van der Waals surface area contributed by atoms with Gasteiger partial charge in [-0.15, -0.1) is 0 Å². The van der Waals surface area contributed by atoms with Crippen LogP contribution in [0, 0.1) is 0 Å². The molecule has 0 atom stereocenters. The third kappa shape index (κ3) is 2.09. The van der Waals surface area contributed by atoms with Crippen LogP contribution >= 0.6 is 11.6 Å². The van der Waals surface area contributed by atoms with Crippen LogP contribution in [-0.2, 0) is 15.0 Å². The third-order valence-electron chi connectivity index (χ3n) is 2.92. The Morgan fingerprint density at radius 3 is 2.12 bits per heavy atom. The van der Waals surface area contributed by atoms with Gasteiger partial charge in [0.1, 0.15) is 0 Å². The summed E-state index contributed by atoms with van der Waals surface area (Å²) >= 11 is 5.81. The minimum absolute atomic E-state index is 0.214. The maximum absolute atomic E-state index is 11.4. The molecule has 2 amide bonds. The SMILES string of the molecule is CC1(c2ccc(Cl)cc2)CC(=O)NC(=O)C1. The Morgan fingerprint density at radius 1 is 1.12 bits per heavy atom. The molecular weight excluding hydrogens is 226 g/mol. The van der Waals surface area contributed by atoms with Crippen LogP contribution in [0.25, 0.3) is 0 Å². The van der Waals surface area contributed by atoms with Crippen LogP contribution in [0.4, 0.5) is 0 Å². The molecule has 0 aromatic heterocycles. The first-order valence-corrected chi connectivity index (χ1v) is 5.46. The Kier molecular flexibility index (Phi) is 2.72. The molecule has 0 spiro atoms. The molecule has 16 heavy (non-hydrogen) atoms. The highest BCUT2D eigenvalue weighted by Crippen LogP contribution is 2.34. The van der Waals surface area contributed by atoms with Crippen molar-refractivity contribution in [3.05, 3.63) is 34.9 Å². The predicted molar refractivity (Wildman–Crippen MR) is 61.2 cm³/mol. The fourth-order valence-electron chi connectivity index (χ4n) is 2.07. The number of hydrogen-bond acceptors (Lipinski definition) is 2. The average molecular weight is 238 g/mol. The molecule has 4 heteroatoms. The van der Waals surface area contributed by atoms with E-state index in [0.717, 1.165) is 5.56 Å². The Balaban J connectivity index is 2.33. The molecule has 84 valence electrons. The van der Waals surface area contributed by atoms with Crippen LogP contribution in [-0.4, -0.2) is 11.8 Å². The average Bonchev–Trinajstić information content (AvgIpc) is 2.16. The lowest BCUT2D eigenvalue weighted by atomic mass is 9.74. The smallest absolute Gasteiger partial charge is 0.227 e. The van der Waals surface area contributed by atoms with Crippen LogP contribution < -0.4 is 5.32 Å². The Labute approximate surface area is 98.8 Å². The van der Waals surface area contributed by atoms with Gasteiger partial charge in [0.25, 0.3) is 0 Å². The highest BCUT2D eigenvalue weighted by atomic mass is 35.5. The molecular formula is C12H12ClNO2. The lowest BCUT2D eigenvalue weighted by molar-refractivity contribution is -0.135. The monoisotopic (exact) mass is 237 g/mol. The first-order valence-electron chi connectivity index (χ1n) is 5.08. The number of benzene rings is 1. The van der Waals surface area contributed by atoms with Gasteiger partial charge < -0.3 is 0 Å². The van der Waals surface area contributed by atoms with Crippen LogP contribution in [0.5, 0.6) is 0 Å². The van der Waals surface area contributed by atoms with Crippen LogP contribution in [0.1, 0.15) is 25.3 Å². The lowest BCUT2D eigenvalue weighted by Gasteiger charge is -2.32. The number of halogens is 1. The van der Waals surface area contributed by atoms with Crippen molar-refractivity contribution < 1.29 is 9.59 Å². The van der Waals surface area contributed by atoms with Crippen molar-refractivity contribution in [3.8, 4) is 0 Å². The summed E-state index contributed by atoms with van der Waals surface area (Å²) in [6.07, 6.45) is 0.667. The standard InChI is InChI=1S/C12H12ClNO2/c1-12(6-10(15)14-11(16)7-12)8-2-4-9(13)5-3-8/h2-5H,6-7H2,1H3,(H,14,15,16). The zero-order chi connectivity index (χ0) is 11.8. The molecule has 0 aliphatic carbocycles. The number of carbonyl (C=O) groups excluding carboxylic acids is 2. The number of imide groups is 1. The van der Waals surface area contributed by atoms with Gasteiger partial charge >= 0.3 is 0 Å². The maximum Gasteiger partial charge on any atom is 0.227 e. The van der Waals surface area contributed by atoms with Crippen LogP contribution in [0.2, 0.25) is 5.02 Å². The number of hydrogen-bond donors (Lipinski definition) is 1. The minimum atomic E-state index is -0.413. The van der Waals surface area contributed by atoms with Gasteiger partial charge in [0.05, 0.1) is 0 Å². The summed E-state index contributed by atoms with van der Waals surface area (Å²) in [5, 5.41) is 2.96. The molecule has 1 fully saturated rings. The number of rotatable bonds is 1. The van der Waals surface area contributed by atoms with E-state index in [2.05, 4.69) is 5.32 Å². The van der Waals surface area contributed by atoms with Crippen molar-refractivity contribution >= 4 is 23.4 Å². The summed E-state index contributed by atoms with van der Waals surface area (Å²) in [5.74, 6) is -0.428. The lowest BCUT2D eigenvalue weighted by Crippen LogP contribution is -2.45. The van der Waals surface area contributed by atoms with Gasteiger partial charge in [0, 0.05) is 23.3 Å². The Morgan fingerprint density at radius 2 is 1.62 bits per heavy atom. The molecule has 1 N–H and O–H groups in total. The molecule has 1 aromatic carbocycles. The molecule has 3 nitrogen and oxygen atoms in total. The van der Waals surface area contributed by atoms with Crippen molar-refractivity contribution in [2.75, 3.05) is 0 Å². The molecule has 1 heterocycles. The second kappa shape index (κ2) is 3.91. The molecule has 0 unspecified atom stereocenters. The minimum Gasteiger partial charge on any atom is -0.296 e. The largest absolute Gasteiger partial charge is 0.296 e. The molecule has 1 aliphatic rings. The topological polar surface area (TPSA) is 46.2 Å². The Hall–Kier alpha value is -1.35. The van der Waals surface area contributed by atoms with Crippen molar-refractivity contribution in [2.45, 2.75) is 25.2 Å². The number of piperidine rings is 1. The zero-order valence-electron chi connectivity index (χ0n) is 8.92. The molecule has 1 saturated heterocycles. The van der Waals surface area contributed by atoms with E-state index in [-0.39, 0.29) is 11.8 Å². The summed E-state index contributed by atoms with van der Waals surface area (Å²) in [6, 6.07) is 7.29. The molecule has 0 saturated carbocycles. The highest BCUT2D eigenvalue weighted by Gasteiger charge is 2.36. The van der Waals surface area contributed by atoms with E-state index in [1.165, 1.54) is 0 Å². The van der Waals surface area contributed by atoms with E-state index >= 15 is 0 Å². The van der Waals surface area contributed by atoms with E-state index in [9.17, 15) is 9.59 Å². The summed E-state index contributed by atoms with van der Waals surface area (Å²) in [6.45, 7) is 1.92. The fraction of sp³-hybridized carbons (Fsp3) is 0.333. The maximum atomic E-state index is 11.4. The zero-order valence-corrected chi connectivity index (χ0v) is 9.67. The summed E-state index contributed by atoms with van der Waals surface area (Å²) in [4.78, 5) is 22.7. The molecule has 0 radical (unpaired) electrons. The van der Waals surface area contributed by atoms with Gasteiger partial charge in [-0.05, 0) is 17.7 Å². The fourth-order valence-corrected chi connectivity index (χ4v) is 2.20. The molecule has 1 aliphatic heterocycles. The van der Waals surface area contributed by atoms with Crippen molar-refractivity contribution in [2.24, 2.45) is 0 Å². The normalized spacial score (nSPS) is 19.4. The molecule has 0 bridgehead atoms. The Bertz CT molecular complexity index is 423. The van der Waals surface area contributed by atoms with Crippen molar-refractivity contribution in [1.82, 2.24) is 5.32 Å². The van der Waals surface area contributed by atoms with E-state index in [1.54, 1.807) is 12.1 Å². The summed E-state index contributed by atoms with van der Waals surface area (Å²) in [7, 11) is 0. The van der Waals surface area contributed by atoms with Gasteiger partial charge in [-0.25, -0.2) is 0 Å². The van der Waals surface area contributed by atoms with Gasteiger partial charge in [-0.1, -0.05) is 30.7 Å². The van der Waals surface area contributed by atoms with Crippen LogP contribution in [0.15, 0.2) is 24.3 Å².